The second-order valence-corrected chi connectivity index (χ2v) is 13.5. The summed E-state index contributed by atoms with van der Waals surface area (Å²) in [6, 6.07) is 6.44. The molecular weight excluding hydrogens is 343 g/mol. The van der Waals surface area contributed by atoms with Crippen molar-refractivity contribution < 1.29 is 8.82 Å². The van der Waals surface area contributed by atoms with Gasteiger partial charge in [-0.15, -0.1) is 0 Å². The summed E-state index contributed by atoms with van der Waals surface area (Å²) >= 11 is 0. The van der Waals surface area contributed by atoms with E-state index < -0.39 is 8.32 Å². The number of benzene rings is 1. The van der Waals surface area contributed by atoms with Crippen LogP contribution in [0.4, 0.5) is 4.39 Å². The van der Waals surface area contributed by atoms with Gasteiger partial charge in [-0.05, 0) is 47.3 Å². The highest BCUT2D eigenvalue weighted by Crippen LogP contribution is 2.42. The standard InChI is InChI=1S/C21H33FN2OSi/c1-15(2)26(16(3)4,17(5)6)25-13-7-8-21-23-14-20(24-21)18-9-11-19(22)12-10-18/h9-12,14-17H,7-8,13H2,1-6H3,(H,23,24). The van der Waals surface area contributed by atoms with Gasteiger partial charge in [0.1, 0.15) is 11.6 Å². The molecule has 144 valence electrons. The fraction of sp³-hybridized carbons (Fsp3) is 0.571. The predicted molar refractivity (Wildman–Crippen MR) is 109 cm³/mol. The maximum atomic E-state index is 13.0. The molecule has 0 saturated heterocycles. The first-order valence-electron chi connectivity index (χ1n) is 9.71. The van der Waals surface area contributed by atoms with Crippen molar-refractivity contribution in [3.8, 4) is 11.3 Å². The molecular formula is C21H33FN2OSi. The molecule has 3 nitrogen and oxygen atoms in total. The maximum absolute atomic E-state index is 13.0. The number of aromatic nitrogens is 2. The van der Waals surface area contributed by atoms with Gasteiger partial charge in [-0.1, -0.05) is 41.5 Å². The summed E-state index contributed by atoms with van der Waals surface area (Å²) in [6.45, 7) is 14.7. The van der Waals surface area contributed by atoms with Crippen LogP contribution in [0.1, 0.15) is 53.8 Å². The molecule has 1 aromatic carbocycles. The molecule has 0 atom stereocenters. The second-order valence-electron chi connectivity index (χ2n) is 8.01. The zero-order valence-corrected chi connectivity index (χ0v) is 18.0. The molecule has 2 aromatic rings. The van der Waals surface area contributed by atoms with E-state index in [1.54, 1.807) is 12.1 Å². The number of imidazole rings is 1. The first kappa shape index (κ1) is 20.8. The first-order valence-corrected chi connectivity index (χ1v) is 11.9. The number of hydrogen-bond acceptors (Lipinski definition) is 2. The number of nitrogens with one attached hydrogen (secondary N) is 1. The van der Waals surface area contributed by atoms with Gasteiger partial charge in [0, 0.05) is 24.8 Å². The van der Waals surface area contributed by atoms with Crippen LogP contribution in [0.2, 0.25) is 16.6 Å². The molecule has 26 heavy (non-hydrogen) atoms. The van der Waals surface area contributed by atoms with E-state index in [1.807, 2.05) is 6.20 Å². The third kappa shape index (κ3) is 4.63. The average molecular weight is 377 g/mol. The molecule has 0 aliphatic heterocycles. The summed E-state index contributed by atoms with van der Waals surface area (Å²) in [5.74, 6) is 0.730. The number of hydrogen-bond donors (Lipinski definition) is 1. The molecule has 1 aromatic heterocycles. The summed E-state index contributed by atoms with van der Waals surface area (Å²) in [5, 5.41) is 0. The number of aromatic amines is 1. The van der Waals surface area contributed by atoms with Gasteiger partial charge >= 0.3 is 0 Å². The molecule has 0 saturated carbocycles. The summed E-state index contributed by atoms with van der Waals surface area (Å²) in [5.41, 5.74) is 3.61. The Hall–Kier alpha value is -1.46. The zero-order valence-electron chi connectivity index (χ0n) is 17.0. The van der Waals surface area contributed by atoms with E-state index in [9.17, 15) is 4.39 Å². The molecule has 1 N–H and O–H groups in total. The topological polar surface area (TPSA) is 37.9 Å². The molecule has 0 aliphatic carbocycles. The first-order chi connectivity index (χ1) is 12.3. The quantitative estimate of drug-likeness (QED) is 0.409. The lowest BCUT2D eigenvalue weighted by Gasteiger charge is -2.42. The Labute approximate surface area is 158 Å². The van der Waals surface area contributed by atoms with Crippen LogP contribution in [0, 0.1) is 5.82 Å². The SMILES string of the molecule is CC(C)[Si](OCCCc1nc(-c2ccc(F)cc2)c[nH]1)(C(C)C)C(C)C. The van der Waals surface area contributed by atoms with Crippen LogP contribution >= 0.6 is 0 Å². The highest BCUT2D eigenvalue weighted by atomic mass is 28.4. The molecule has 0 spiro atoms. The lowest BCUT2D eigenvalue weighted by atomic mass is 10.2. The monoisotopic (exact) mass is 376 g/mol. The van der Waals surface area contributed by atoms with Gasteiger partial charge in [-0.3, -0.25) is 0 Å². The van der Waals surface area contributed by atoms with Crippen LogP contribution in [0.3, 0.4) is 0 Å². The van der Waals surface area contributed by atoms with E-state index in [0.29, 0.717) is 16.6 Å². The van der Waals surface area contributed by atoms with Crippen molar-refractivity contribution in [3.05, 3.63) is 42.1 Å². The Bertz CT molecular complexity index is 658. The summed E-state index contributed by atoms with van der Waals surface area (Å²) in [6.07, 6.45) is 3.70. The molecule has 0 bridgehead atoms. The van der Waals surface area contributed by atoms with E-state index in [0.717, 1.165) is 36.5 Å². The van der Waals surface area contributed by atoms with Crippen LogP contribution < -0.4 is 0 Å². The van der Waals surface area contributed by atoms with Crippen LogP contribution in [0.5, 0.6) is 0 Å². The van der Waals surface area contributed by atoms with Crippen molar-refractivity contribution in [1.29, 1.82) is 0 Å². The van der Waals surface area contributed by atoms with Gasteiger partial charge in [0.2, 0.25) is 0 Å². The lowest BCUT2D eigenvalue weighted by molar-refractivity contribution is 0.272. The Morgan fingerprint density at radius 1 is 1.00 bits per heavy atom. The number of aryl methyl sites for hydroxylation is 1. The molecule has 0 aliphatic rings. The van der Waals surface area contributed by atoms with E-state index in [1.165, 1.54) is 12.1 Å². The minimum atomic E-state index is -1.78. The van der Waals surface area contributed by atoms with Crippen molar-refractivity contribution in [2.24, 2.45) is 0 Å². The van der Waals surface area contributed by atoms with Crippen molar-refractivity contribution in [2.45, 2.75) is 71.0 Å². The Morgan fingerprint density at radius 2 is 1.58 bits per heavy atom. The number of nitrogens with zero attached hydrogens (tertiary/aromatic N) is 1. The smallest absolute Gasteiger partial charge is 0.200 e. The fourth-order valence-electron chi connectivity index (χ4n) is 4.25. The van der Waals surface area contributed by atoms with Gasteiger partial charge in [0.05, 0.1) is 5.69 Å². The number of rotatable bonds is 9. The summed E-state index contributed by atoms with van der Waals surface area (Å²) < 4.78 is 19.6. The third-order valence-corrected chi connectivity index (χ3v) is 11.5. The molecule has 5 heteroatoms. The largest absolute Gasteiger partial charge is 0.416 e. The van der Waals surface area contributed by atoms with Crippen molar-refractivity contribution >= 4 is 8.32 Å². The van der Waals surface area contributed by atoms with Gasteiger partial charge in [0.15, 0.2) is 8.32 Å². The Morgan fingerprint density at radius 3 is 2.12 bits per heavy atom. The van der Waals surface area contributed by atoms with E-state index in [2.05, 4.69) is 51.5 Å². The Balaban J connectivity index is 1.92. The second kappa shape index (κ2) is 8.96. The molecule has 0 amide bonds. The molecule has 2 rings (SSSR count). The van der Waals surface area contributed by atoms with Crippen molar-refractivity contribution in [3.63, 3.8) is 0 Å². The number of H-pyrrole nitrogens is 1. The highest BCUT2D eigenvalue weighted by molar-refractivity contribution is 6.77. The minimum absolute atomic E-state index is 0.227. The van der Waals surface area contributed by atoms with Gasteiger partial charge in [-0.25, -0.2) is 9.37 Å². The van der Waals surface area contributed by atoms with Crippen LogP contribution in [0.25, 0.3) is 11.3 Å². The molecule has 0 fully saturated rings. The van der Waals surface area contributed by atoms with Gasteiger partial charge in [-0.2, -0.15) is 0 Å². The summed E-state index contributed by atoms with van der Waals surface area (Å²) in [4.78, 5) is 7.86. The van der Waals surface area contributed by atoms with Crippen LogP contribution in [-0.4, -0.2) is 24.9 Å². The molecule has 1 heterocycles. The van der Waals surface area contributed by atoms with Gasteiger partial charge in [0.25, 0.3) is 0 Å². The van der Waals surface area contributed by atoms with Crippen LogP contribution in [0.15, 0.2) is 30.5 Å². The van der Waals surface area contributed by atoms with Crippen molar-refractivity contribution in [1.82, 2.24) is 9.97 Å². The minimum Gasteiger partial charge on any atom is -0.416 e. The van der Waals surface area contributed by atoms with Crippen LogP contribution in [-0.2, 0) is 10.8 Å². The lowest BCUT2D eigenvalue weighted by Crippen LogP contribution is -2.48. The highest BCUT2D eigenvalue weighted by Gasteiger charge is 2.44. The average Bonchev–Trinajstić information content (AvgIpc) is 3.03. The van der Waals surface area contributed by atoms with E-state index in [4.69, 9.17) is 4.43 Å². The third-order valence-electron chi connectivity index (χ3n) is 5.39. The molecule has 0 unspecified atom stereocenters. The maximum Gasteiger partial charge on any atom is 0.200 e. The molecule has 0 radical (unpaired) electrons. The van der Waals surface area contributed by atoms with E-state index in [-0.39, 0.29) is 5.82 Å². The fourth-order valence-corrected chi connectivity index (χ4v) is 9.74. The van der Waals surface area contributed by atoms with Gasteiger partial charge < -0.3 is 9.41 Å². The zero-order chi connectivity index (χ0) is 19.3. The summed E-state index contributed by atoms with van der Waals surface area (Å²) in [7, 11) is -1.78. The normalized spacial score (nSPS) is 12.5. The number of halogens is 1. The predicted octanol–water partition coefficient (Wildman–Crippen LogP) is 6.34. The Kier molecular flexibility index (Phi) is 7.18. The van der Waals surface area contributed by atoms with Crippen molar-refractivity contribution in [2.75, 3.05) is 6.61 Å². The van der Waals surface area contributed by atoms with E-state index >= 15 is 0 Å².